The van der Waals surface area contributed by atoms with Crippen molar-refractivity contribution in [2.45, 2.75) is 46.2 Å². The molecule has 0 atom stereocenters. The van der Waals surface area contributed by atoms with Crippen molar-refractivity contribution in [2.24, 2.45) is 0 Å². The normalized spacial score (nSPS) is 15.1. The number of fused-ring (bicyclic) bond motifs is 1. The fraction of sp³-hybridized carbons (Fsp3) is 0.391. The lowest BCUT2D eigenvalue weighted by Crippen LogP contribution is -2.30. The number of hydrogen-bond donors (Lipinski definition) is 1. The highest BCUT2D eigenvalue weighted by atomic mass is 16.1. The summed E-state index contributed by atoms with van der Waals surface area (Å²) in [4.78, 5) is 20.0. The first kappa shape index (κ1) is 18.7. The smallest absolute Gasteiger partial charge is 0.255 e. The van der Waals surface area contributed by atoms with Crippen molar-refractivity contribution in [1.82, 2.24) is 14.5 Å². The number of anilines is 1. The summed E-state index contributed by atoms with van der Waals surface area (Å²) < 4.78 is 2.29. The Bertz CT molecular complexity index is 985. The van der Waals surface area contributed by atoms with Crippen LogP contribution >= 0.6 is 0 Å². The zero-order valence-electron chi connectivity index (χ0n) is 16.7. The maximum Gasteiger partial charge on any atom is 0.255 e. The van der Waals surface area contributed by atoms with Gasteiger partial charge in [0.2, 0.25) is 0 Å². The Morgan fingerprint density at radius 3 is 2.64 bits per heavy atom. The Morgan fingerprint density at radius 2 is 1.89 bits per heavy atom. The topological polar surface area (TPSA) is 50.2 Å². The zero-order valence-corrected chi connectivity index (χ0v) is 16.7. The molecule has 0 aliphatic carbocycles. The number of amides is 1. The second-order valence-electron chi connectivity index (χ2n) is 7.58. The van der Waals surface area contributed by atoms with E-state index in [1.165, 1.54) is 19.3 Å². The average Bonchev–Trinajstić information content (AvgIpc) is 3.05. The molecule has 5 nitrogen and oxygen atoms in total. The molecule has 5 heteroatoms. The molecule has 0 unspecified atom stereocenters. The van der Waals surface area contributed by atoms with Gasteiger partial charge in [-0.3, -0.25) is 9.69 Å². The third-order valence-corrected chi connectivity index (χ3v) is 5.60. The molecule has 0 saturated carbocycles. The van der Waals surface area contributed by atoms with E-state index in [-0.39, 0.29) is 5.91 Å². The van der Waals surface area contributed by atoms with Crippen molar-refractivity contribution in [2.75, 3.05) is 18.4 Å². The van der Waals surface area contributed by atoms with Gasteiger partial charge < -0.3 is 9.88 Å². The van der Waals surface area contributed by atoms with Crippen LogP contribution in [0.2, 0.25) is 0 Å². The number of piperidine rings is 1. The molecule has 1 aliphatic heterocycles. The molecule has 4 rings (SSSR count). The molecule has 2 aromatic carbocycles. The van der Waals surface area contributed by atoms with Crippen molar-refractivity contribution in [3.63, 3.8) is 0 Å². The number of hydrogen-bond acceptors (Lipinski definition) is 3. The van der Waals surface area contributed by atoms with Crippen molar-refractivity contribution in [3.05, 3.63) is 59.4 Å². The summed E-state index contributed by atoms with van der Waals surface area (Å²) in [6.07, 6.45) is 3.90. The van der Waals surface area contributed by atoms with Gasteiger partial charge in [0.25, 0.3) is 5.91 Å². The number of likely N-dealkylation sites (tertiary alicyclic amines) is 1. The van der Waals surface area contributed by atoms with Gasteiger partial charge in [-0.25, -0.2) is 4.98 Å². The van der Waals surface area contributed by atoms with E-state index < -0.39 is 0 Å². The van der Waals surface area contributed by atoms with Crippen LogP contribution in [-0.4, -0.2) is 33.4 Å². The van der Waals surface area contributed by atoms with E-state index >= 15 is 0 Å². The Balaban J connectivity index is 1.58. The minimum absolute atomic E-state index is 0.0825. The minimum Gasteiger partial charge on any atom is -0.327 e. The first-order chi connectivity index (χ1) is 13.7. The Kier molecular flexibility index (Phi) is 5.44. The zero-order chi connectivity index (χ0) is 19.5. The SMILES string of the molecule is CCn1c(CN2CCCCC2)nc2cc(NC(=O)c3ccccc3C)ccc21. The number of carbonyl (C=O) groups is 1. The van der Waals surface area contributed by atoms with Crippen LogP contribution < -0.4 is 5.32 Å². The van der Waals surface area contributed by atoms with Crippen molar-refractivity contribution in [3.8, 4) is 0 Å². The van der Waals surface area contributed by atoms with E-state index in [4.69, 9.17) is 4.98 Å². The molecule has 146 valence electrons. The van der Waals surface area contributed by atoms with E-state index in [9.17, 15) is 4.79 Å². The highest BCUT2D eigenvalue weighted by Crippen LogP contribution is 2.23. The van der Waals surface area contributed by atoms with Crippen LogP contribution in [-0.2, 0) is 13.1 Å². The van der Waals surface area contributed by atoms with Gasteiger partial charge in [0, 0.05) is 17.8 Å². The Morgan fingerprint density at radius 1 is 1.11 bits per heavy atom. The van der Waals surface area contributed by atoms with E-state index in [0.29, 0.717) is 5.56 Å². The molecule has 1 aromatic heterocycles. The van der Waals surface area contributed by atoms with Crippen molar-refractivity contribution >= 4 is 22.6 Å². The van der Waals surface area contributed by atoms with Gasteiger partial charge in [0.15, 0.2) is 0 Å². The van der Waals surface area contributed by atoms with Gasteiger partial charge in [-0.2, -0.15) is 0 Å². The lowest BCUT2D eigenvalue weighted by atomic mass is 10.1. The summed E-state index contributed by atoms with van der Waals surface area (Å²) in [7, 11) is 0. The van der Waals surface area contributed by atoms with Gasteiger partial charge in [-0.1, -0.05) is 24.6 Å². The number of carbonyl (C=O) groups excluding carboxylic acids is 1. The van der Waals surface area contributed by atoms with Gasteiger partial charge in [-0.05, 0) is 69.6 Å². The maximum atomic E-state index is 12.6. The van der Waals surface area contributed by atoms with Gasteiger partial charge >= 0.3 is 0 Å². The van der Waals surface area contributed by atoms with E-state index in [1.54, 1.807) is 0 Å². The first-order valence-corrected chi connectivity index (χ1v) is 10.2. The molecule has 28 heavy (non-hydrogen) atoms. The molecule has 0 radical (unpaired) electrons. The Labute approximate surface area is 166 Å². The molecule has 1 N–H and O–H groups in total. The van der Waals surface area contributed by atoms with Crippen LogP contribution in [0.1, 0.15) is 47.9 Å². The standard InChI is InChI=1S/C23H28N4O/c1-3-27-21-12-11-18(24-23(28)19-10-6-5-9-17(19)2)15-20(21)25-22(27)16-26-13-7-4-8-14-26/h5-6,9-12,15H,3-4,7-8,13-14,16H2,1-2H3,(H,24,28). The van der Waals surface area contributed by atoms with Crippen LogP contribution in [0.25, 0.3) is 11.0 Å². The summed E-state index contributed by atoms with van der Waals surface area (Å²) in [6, 6.07) is 13.7. The first-order valence-electron chi connectivity index (χ1n) is 10.2. The van der Waals surface area contributed by atoms with Gasteiger partial charge in [0.1, 0.15) is 5.82 Å². The third-order valence-electron chi connectivity index (χ3n) is 5.60. The summed E-state index contributed by atoms with van der Waals surface area (Å²) in [5.41, 5.74) is 4.53. The molecule has 1 fully saturated rings. The number of nitrogens with one attached hydrogen (secondary N) is 1. The van der Waals surface area contributed by atoms with Crippen LogP contribution in [0.4, 0.5) is 5.69 Å². The third kappa shape index (κ3) is 3.80. The molecule has 0 spiro atoms. The number of imidazole rings is 1. The van der Waals surface area contributed by atoms with Gasteiger partial charge in [-0.15, -0.1) is 0 Å². The van der Waals surface area contributed by atoms with E-state index in [2.05, 4.69) is 27.8 Å². The number of aromatic nitrogens is 2. The fourth-order valence-corrected chi connectivity index (χ4v) is 4.07. The maximum absolute atomic E-state index is 12.6. The number of rotatable bonds is 5. The quantitative estimate of drug-likeness (QED) is 0.708. The van der Waals surface area contributed by atoms with E-state index in [1.807, 2.05) is 43.3 Å². The lowest BCUT2D eigenvalue weighted by molar-refractivity contribution is 0.102. The van der Waals surface area contributed by atoms with Crippen LogP contribution in [0.15, 0.2) is 42.5 Å². The van der Waals surface area contributed by atoms with E-state index in [0.717, 1.165) is 54.3 Å². The van der Waals surface area contributed by atoms with Crippen LogP contribution in [0.5, 0.6) is 0 Å². The number of benzene rings is 2. The second kappa shape index (κ2) is 8.15. The summed E-state index contributed by atoms with van der Waals surface area (Å²) in [5, 5.41) is 3.02. The summed E-state index contributed by atoms with van der Waals surface area (Å²) in [5.74, 6) is 1.03. The monoisotopic (exact) mass is 376 g/mol. The molecule has 1 aliphatic rings. The molecule has 3 aromatic rings. The second-order valence-corrected chi connectivity index (χ2v) is 7.58. The van der Waals surface area contributed by atoms with Gasteiger partial charge in [0.05, 0.1) is 17.6 Å². The highest BCUT2D eigenvalue weighted by molar-refractivity contribution is 6.05. The minimum atomic E-state index is -0.0825. The lowest BCUT2D eigenvalue weighted by Gasteiger charge is -2.26. The molecule has 2 heterocycles. The number of aryl methyl sites for hydroxylation is 2. The van der Waals surface area contributed by atoms with Crippen LogP contribution in [0.3, 0.4) is 0 Å². The largest absolute Gasteiger partial charge is 0.327 e. The van der Waals surface area contributed by atoms with Crippen molar-refractivity contribution in [1.29, 1.82) is 0 Å². The van der Waals surface area contributed by atoms with Crippen molar-refractivity contribution < 1.29 is 4.79 Å². The summed E-state index contributed by atoms with van der Waals surface area (Å²) >= 11 is 0. The Hall–Kier alpha value is -2.66. The molecule has 1 amide bonds. The molecule has 1 saturated heterocycles. The average molecular weight is 377 g/mol. The van der Waals surface area contributed by atoms with Crippen LogP contribution in [0, 0.1) is 6.92 Å². The predicted octanol–water partition coefficient (Wildman–Crippen LogP) is 4.60. The molecule has 0 bridgehead atoms. The predicted molar refractivity (Wildman–Crippen MR) is 114 cm³/mol. The number of nitrogens with zero attached hydrogens (tertiary/aromatic N) is 3. The highest BCUT2D eigenvalue weighted by Gasteiger charge is 2.16. The summed E-state index contributed by atoms with van der Waals surface area (Å²) in [6.45, 7) is 8.22. The molecular weight excluding hydrogens is 348 g/mol. The molecular formula is C23H28N4O. The fourth-order valence-electron chi connectivity index (χ4n) is 4.07.